The number of rotatable bonds is 3. The van der Waals surface area contributed by atoms with E-state index in [1.54, 1.807) is 25.5 Å². The quantitative estimate of drug-likeness (QED) is 0.774. The molecule has 0 unspecified atom stereocenters. The number of hydrogen-bond acceptors (Lipinski definition) is 5. The van der Waals surface area contributed by atoms with E-state index in [0.29, 0.717) is 11.4 Å². The molecule has 0 bridgehead atoms. The molecule has 0 aromatic carbocycles. The van der Waals surface area contributed by atoms with Crippen LogP contribution in [0.25, 0.3) is 0 Å². The number of carbonyl (C=O) groups is 2. The van der Waals surface area contributed by atoms with E-state index >= 15 is 0 Å². The minimum atomic E-state index is -0.812. The monoisotopic (exact) mass is 358 g/mol. The third-order valence-corrected chi connectivity index (χ3v) is 5.07. The van der Waals surface area contributed by atoms with Crippen LogP contribution in [0, 0.1) is 0 Å². The maximum atomic E-state index is 12.5. The van der Waals surface area contributed by atoms with Crippen molar-refractivity contribution in [1.29, 1.82) is 0 Å². The number of aromatic nitrogens is 4. The summed E-state index contributed by atoms with van der Waals surface area (Å²) in [6, 6.07) is 1.12. The Balaban J connectivity index is 1.42. The molecule has 0 radical (unpaired) electrons. The van der Waals surface area contributed by atoms with E-state index in [0.717, 1.165) is 31.6 Å². The van der Waals surface area contributed by atoms with Crippen LogP contribution >= 0.6 is 0 Å². The van der Waals surface area contributed by atoms with Gasteiger partial charge in [-0.25, -0.2) is 4.98 Å². The van der Waals surface area contributed by atoms with Crippen molar-refractivity contribution < 1.29 is 14.7 Å². The van der Waals surface area contributed by atoms with Crippen molar-refractivity contribution in [1.82, 2.24) is 29.5 Å². The molecule has 9 nitrogen and oxygen atoms in total. The highest BCUT2D eigenvalue weighted by Gasteiger charge is 2.36. The van der Waals surface area contributed by atoms with Crippen LogP contribution < -0.4 is 5.32 Å². The van der Waals surface area contributed by atoms with Gasteiger partial charge in [0.05, 0.1) is 12.1 Å². The maximum absolute atomic E-state index is 12.5. The van der Waals surface area contributed by atoms with E-state index in [-0.39, 0.29) is 24.9 Å². The molecule has 1 saturated heterocycles. The number of aliphatic hydroxyl groups excluding tert-OH is 1. The fourth-order valence-electron chi connectivity index (χ4n) is 3.60. The second-order valence-electron chi connectivity index (χ2n) is 6.89. The van der Waals surface area contributed by atoms with Gasteiger partial charge >= 0.3 is 0 Å². The summed E-state index contributed by atoms with van der Waals surface area (Å²) in [6.07, 6.45) is 5.57. The highest BCUT2D eigenvalue weighted by Crippen LogP contribution is 2.17. The van der Waals surface area contributed by atoms with Crippen LogP contribution in [0.5, 0.6) is 0 Å². The molecule has 2 aromatic heterocycles. The molecule has 26 heavy (non-hydrogen) atoms. The Morgan fingerprint density at radius 1 is 1.31 bits per heavy atom. The lowest BCUT2D eigenvalue weighted by atomic mass is 10.2. The number of carbonyl (C=O) groups excluding carboxylic acids is 2. The number of nitrogens with zero attached hydrogens (tertiary/aromatic N) is 5. The fraction of sp³-hybridized carbons (Fsp3) is 0.529. The number of likely N-dealkylation sites (tertiary alicyclic amines) is 1. The first kappa shape index (κ1) is 16.8. The average Bonchev–Trinajstić information content (AvgIpc) is 3.33. The van der Waals surface area contributed by atoms with Crippen LogP contribution in [0.2, 0.25) is 0 Å². The van der Waals surface area contributed by atoms with Crippen molar-refractivity contribution in [3.8, 4) is 0 Å². The topological polar surface area (TPSA) is 105 Å². The summed E-state index contributed by atoms with van der Waals surface area (Å²) in [6.45, 7) is 1.31. The summed E-state index contributed by atoms with van der Waals surface area (Å²) in [7, 11) is 1.69. The molecular weight excluding hydrogens is 336 g/mol. The lowest BCUT2D eigenvalue weighted by molar-refractivity contribution is 0.0754. The zero-order valence-corrected chi connectivity index (χ0v) is 14.6. The summed E-state index contributed by atoms with van der Waals surface area (Å²) in [4.78, 5) is 31.0. The van der Waals surface area contributed by atoms with Crippen molar-refractivity contribution in [2.75, 3.05) is 13.1 Å². The lowest BCUT2D eigenvalue weighted by Gasteiger charge is -2.16. The smallest absolute Gasteiger partial charge is 0.272 e. The van der Waals surface area contributed by atoms with Crippen LogP contribution in [0.4, 0.5) is 0 Å². The highest BCUT2D eigenvalue weighted by atomic mass is 16.3. The highest BCUT2D eigenvalue weighted by molar-refractivity contribution is 5.94. The minimum absolute atomic E-state index is 0.175. The van der Waals surface area contributed by atoms with Crippen LogP contribution in [-0.2, 0) is 20.0 Å². The minimum Gasteiger partial charge on any atom is -0.389 e. The van der Waals surface area contributed by atoms with Gasteiger partial charge in [-0.3, -0.25) is 14.3 Å². The molecular formula is C17H22N6O3. The van der Waals surface area contributed by atoms with Crippen LogP contribution in [0.15, 0.2) is 18.5 Å². The molecule has 2 aliphatic rings. The van der Waals surface area contributed by atoms with Crippen molar-refractivity contribution in [2.24, 2.45) is 7.05 Å². The van der Waals surface area contributed by atoms with Crippen molar-refractivity contribution in [2.45, 2.75) is 38.0 Å². The number of aliphatic hydroxyl groups is 1. The maximum Gasteiger partial charge on any atom is 0.272 e. The summed E-state index contributed by atoms with van der Waals surface area (Å²) >= 11 is 0. The molecule has 2 amide bonds. The van der Waals surface area contributed by atoms with Crippen LogP contribution in [0.1, 0.15) is 39.6 Å². The van der Waals surface area contributed by atoms with Crippen molar-refractivity contribution >= 4 is 11.8 Å². The van der Waals surface area contributed by atoms with Crippen molar-refractivity contribution in [3.05, 3.63) is 35.7 Å². The second kappa shape index (κ2) is 6.56. The Morgan fingerprint density at radius 2 is 2.15 bits per heavy atom. The summed E-state index contributed by atoms with van der Waals surface area (Å²) in [5.74, 6) is 0.408. The van der Waals surface area contributed by atoms with Gasteiger partial charge in [-0.1, -0.05) is 0 Å². The first-order chi connectivity index (χ1) is 12.5. The summed E-state index contributed by atoms with van der Waals surface area (Å²) < 4.78 is 3.51. The Hall–Kier alpha value is -2.68. The number of fused-ring (bicyclic) bond motifs is 1. The first-order valence-corrected chi connectivity index (χ1v) is 8.85. The molecule has 9 heteroatoms. The predicted molar refractivity (Wildman–Crippen MR) is 91.5 cm³/mol. The van der Waals surface area contributed by atoms with E-state index < -0.39 is 12.1 Å². The van der Waals surface area contributed by atoms with Gasteiger partial charge in [0.25, 0.3) is 11.8 Å². The van der Waals surface area contributed by atoms with Gasteiger partial charge in [0.2, 0.25) is 0 Å². The number of aryl methyl sites for hydroxylation is 3. The molecule has 138 valence electrons. The molecule has 4 heterocycles. The molecule has 0 spiro atoms. The normalized spacial score (nSPS) is 22.3. The molecule has 2 aliphatic heterocycles. The number of imidazole rings is 1. The van der Waals surface area contributed by atoms with E-state index in [1.165, 1.54) is 9.58 Å². The SMILES string of the molecule is Cn1nccc1C(=O)N1C[C@@H](O)[C@H](NC(=O)c2cn3c(n2)CCCC3)C1. The summed E-state index contributed by atoms with van der Waals surface area (Å²) in [5, 5.41) is 17.1. The van der Waals surface area contributed by atoms with Gasteiger partial charge in [0, 0.05) is 45.5 Å². The Morgan fingerprint density at radius 3 is 2.88 bits per heavy atom. The van der Waals surface area contributed by atoms with E-state index in [1.807, 2.05) is 4.57 Å². The standard InChI is InChI=1S/C17H22N6O3/c1-21-13(5-6-18-21)17(26)23-8-11(14(24)10-23)20-16(25)12-9-22-7-3-2-4-15(22)19-12/h5-6,9,11,14,24H,2-4,7-8,10H2,1H3,(H,20,25)/t11-,14-/m1/s1. The first-order valence-electron chi connectivity index (χ1n) is 8.85. The fourth-order valence-corrected chi connectivity index (χ4v) is 3.60. The van der Waals surface area contributed by atoms with Crippen LogP contribution in [0.3, 0.4) is 0 Å². The summed E-state index contributed by atoms with van der Waals surface area (Å²) in [5.41, 5.74) is 0.816. The van der Waals surface area contributed by atoms with E-state index in [9.17, 15) is 14.7 Å². The van der Waals surface area contributed by atoms with Gasteiger partial charge in [-0.05, 0) is 18.9 Å². The number of hydrogen-bond donors (Lipinski definition) is 2. The number of amides is 2. The van der Waals surface area contributed by atoms with Crippen LogP contribution in [-0.4, -0.2) is 66.4 Å². The Bertz CT molecular complexity index is 818. The molecule has 0 aliphatic carbocycles. The number of nitrogens with one attached hydrogen (secondary N) is 1. The lowest BCUT2D eigenvalue weighted by Crippen LogP contribution is -2.43. The molecule has 1 fully saturated rings. The van der Waals surface area contributed by atoms with E-state index in [2.05, 4.69) is 15.4 Å². The molecule has 0 saturated carbocycles. The third kappa shape index (κ3) is 2.98. The second-order valence-corrected chi connectivity index (χ2v) is 6.89. The van der Waals surface area contributed by atoms with Gasteiger partial charge in [-0.2, -0.15) is 5.10 Å². The largest absolute Gasteiger partial charge is 0.389 e. The molecule has 2 N–H and O–H groups in total. The third-order valence-electron chi connectivity index (χ3n) is 5.07. The van der Waals surface area contributed by atoms with Crippen molar-refractivity contribution in [3.63, 3.8) is 0 Å². The number of β-amino-alcohol motifs (C(OH)–C–C–N with tert-alkyl or cyclic N) is 1. The van der Waals surface area contributed by atoms with Gasteiger partial charge in [-0.15, -0.1) is 0 Å². The Labute approximate surface area is 150 Å². The van der Waals surface area contributed by atoms with Gasteiger partial charge in [0.1, 0.15) is 17.2 Å². The van der Waals surface area contributed by atoms with Gasteiger partial charge < -0.3 is 19.9 Å². The zero-order chi connectivity index (χ0) is 18.3. The average molecular weight is 358 g/mol. The molecule has 2 atom stereocenters. The van der Waals surface area contributed by atoms with E-state index in [4.69, 9.17) is 0 Å². The van der Waals surface area contributed by atoms with Gasteiger partial charge in [0.15, 0.2) is 0 Å². The Kier molecular flexibility index (Phi) is 4.23. The predicted octanol–water partition coefficient (Wildman–Crippen LogP) is -0.432. The molecule has 4 rings (SSSR count). The molecule has 2 aromatic rings. The zero-order valence-electron chi connectivity index (χ0n) is 14.6.